The van der Waals surface area contributed by atoms with Gasteiger partial charge in [0.05, 0.1) is 6.07 Å². The van der Waals surface area contributed by atoms with Gasteiger partial charge in [0, 0.05) is 16.0 Å². The minimum Gasteiger partial charge on any atom is -0.193 e. The Hall–Kier alpha value is -0.480. The van der Waals surface area contributed by atoms with E-state index in [0.29, 0.717) is 5.57 Å². The number of rotatable bonds is 2. The molecule has 0 aromatic heterocycles. The maximum absolute atomic E-state index is 8.78. The Morgan fingerprint density at radius 2 is 2.00 bits per heavy atom. The van der Waals surface area contributed by atoms with Crippen LogP contribution in [0.3, 0.4) is 0 Å². The third-order valence-electron chi connectivity index (χ3n) is 3.20. The Kier molecular flexibility index (Phi) is 3.39. The monoisotopic (exact) mass is 197 g/mol. The molecule has 0 amide bonds. The van der Waals surface area contributed by atoms with E-state index in [1.807, 2.05) is 6.92 Å². The molecule has 0 bridgehead atoms. The molecule has 1 fully saturated rings. The van der Waals surface area contributed by atoms with Crippen molar-refractivity contribution < 1.29 is 0 Å². The molecular formula is C11H16ClN. The average molecular weight is 198 g/mol. The van der Waals surface area contributed by atoms with Gasteiger partial charge >= 0.3 is 0 Å². The standard InChI is InChI=1S/C11H16ClN/c1-3-11(6-4-5-7-11)10(12)9(2)8-13/h3-7H2,1-2H3. The number of nitrogens with zero attached hydrogens (tertiary/aromatic N) is 1. The second-order valence-electron chi connectivity index (χ2n) is 3.89. The molecule has 72 valence electrons. The van der Waals surface area contributed by atoms with Gasteiger partial charge in [-0.3, -0.25) is 0 Å². The predicted molar refractivity (Wildman–Crippen MR) is 55.4 cm³/mol. The van der Waals surface area contributed by atoms with Crippen molar-refractivity contribution in [2.24, 2.45) is 5.41 Å². The average Bonchev–Trinajstić information content (AvgIpc) is 2.65. The molecule has 0 heterocycles. The molecule has 0 atom stereocenters. The summed E-state index contributed by atoms with van der Waals surface area (Å²) >= 11 is 6.25. The van der Waals surface area contributed by atoms with Crippen LogP contribution in [-0.4, -0.2) is 0 Å². The molecule has 1 rings (SSSR count). The highest BCUT2D eigenvalue weighted by molar-refractivity contribution is 6.30. The maximum atomic E-state index is 8.78. The quantitative estimate of drug-likeness (QED) is 0.614. The van der Waals surface area contributed by atoms with E-state index in [1.165, 1.54) is 12.8 Å². The smallest absolute Gasteiger partial charge is 0.0956 e. The second kappa shape index (κ2) is 4.15. The molecule has 0 unspecified atom stereocenters. The van der Waals surface area contributed by atoms with Crippen LogP contribution in [0.15, 0.2) is 10.6 Å². The first-order valence-electron chi connectivity index (χ1n) is 4.93. The Bertz CT molecular complexity index is 254. The Morgan fingerprint density at radius 3 is 2.38 bits per heavy atom. The molecule has 0 N–H and O–H groups in total. The van der Waals surface area contributed by atoms with E-state index in [4.69, 9.17) is 16.9 Å². The zero-order valence-corrected chi connectivity index (χ0v) is 9.12. The van der Waals surface area contributed by atoms with E-state index in [1.54, 1.807) is 0 Å². The lowest BCUT2D eigenvalue weighted by Gasteiger charge is -2.27. The lowest BCUT2D eigenvalue weighted by molar-refractivity contribution is 0.369. The molecule has 1 saturated carbocycles. The number of nitriles is 1. The van der Waals surface area contributed by atoms with Crippen LogP contribution >= 0.6 is 11.6 Å². The second-order valence-corrected chi connectivity index (χ2v) is 4.27. The molecule has 0 aromatic carbocycles. The fourth-order valence-electron chi connectivity index (χ4n) is 2.23. The minimum absolute atomic E-state index is 0.140. The van der Waals surface area contributed by atoms with Crippen molar-refractivity contribution in [1.82, 2.24) is 0 Å². The summed E-state index contributed by atoms with van der Waals surface area (Å²) in [5, 5.41) is 9.60. The molecule has 0 saturated heterocycles. The fraction of sp³-hybridized carbons (Fsp3) is 0.727. The largest absolute Gasteiger partial charge is 0.193 e. The van der Waals surface area contributed by atoms with E-state index >= 15 is 0 Å². The van der Waals surface area contributed by atoms with Gasteiger partial charge < -0.3 is 0 Å². The van der Waals surface area contributed by atoms with Crippen LogP contribution in [0.25, 0.3) is 0 Å². The number of hydrogen-bond acceptors (Lipinski definition) is 1. The van der Waals surface area contributed by atoms with Crippen LogP contribution in [0.4, 0.5) is 0 Å². The molecule has 1 aliphatic carbocycles. The van der Waals surface area contributed by atoms with Gasteiger partial charge in [-0.1, -0.05) is 31.4 Å². The molecule has 1 aliphatic rings. The van der Waals surface area contributed by atoms with Gasteiger partial charge in [-0.25, -0.2) is 0 Å². The molecule has 13 heavy (non-hydrogen) atoms. The molecule has 0 spiro atoms. The topological polar surface area (TPSA) is 23.8 Å². The maximum Gasteiger partial charge on any atom is 0.0956 e. The molecule has 0 aliphatic heterocycles. The van der Waals surface area contributed by atoms with Gasteiger partial charge in [0.15, 0.2) is 0 Å². The van der Waals surface area contributed by atoms with Crippen LogP contribution < -0.4 is 0 Å². The van der Waals surface area contributed by atoms with Gasteiger partial charge in [-0.2, -0.15) is 5.26 Å². The first-order chi connectivity index (χ1) is 6.16. The molecule has 0 radical (unpaired) electrons. The number of halogens is 1. The lowest BCUT2D eigenvalue weighted by atomic mass is 9.81. The first-order valence-corrected chi connectivity index (χ1v) is 5.31. The Labute approximate surface area is 85.4 Å². The molecular weight excluding hydrogens is 182 g/mol. The van der Waals surface area contributed by atoms with Crippen molar-refractivity contribution in [1.29, 1.82) is 5.26 Å². The van der Waals surface area contributed by atoms with Crippen LogP contribution in [0.1, 0.15) is 46.0 Å². The lowest BCUT2D eigenvalue weighted by Crippen LogP contribution is -2.16. The van der Waals surface area contributed by atoms with Crippen molar-refractivity contribution in [3.05, 3.63) is 10.6 Å². The Balaban J connectivity index is 2.96. The SMILES string of the molecule is CCC1(C(Cl)=C(C)C#N)CCCC1. The zero-order chi connectivity index (χ0) is 9.90. The van der Waals surface area contributed by atoms with E-state index in [2.05, 4.69) is 13.0 Å². The van der Waals surface area contributed by atoms with Gasteiger partial charge in [-0.05, 0) is 26.2 Å². The highest BCUT2D eigenvalue weighted by Crippen LogP contribution is 2.49. The molecule has 2 heteroatoms. The minimum atomic E-state index is 0.140. The van der Waals surface area contributed by atoms with Crippen LogP contribution in [0.5, 0.6) is 0 Å². The highest BCUT2D eigenvalue weighted by Gasteiger charge is 2.36. The predicted octanol–water partition coefficient (Wildman–Crippen LogP) is 3.99. The highest BCUT2D eigenvalue weighted by atomic mass is 35.5. The normalized spacial score (nSPS) is 22.3. The first kappa shape index (κ1) is 10.6. The molecule has 1 nitrogen and oxygen atoms in total. The third-order valence-corrected chi connectivity index (χ3v) is 3.88. The van der Waals surface area contributed by atoms with E-state index in [9.17, 15) is 0 Å². The summed E-state index contributed by atoms with van der Waals surface area (Å²) in [6.45, 7) is 3.98. The van der Waals surface area contributed by atoms with Gasteiger partial charge in [0.1, 0.15) is 0 Å². The van der Waals surface area contributed by atoms with Crippen molar-refractivity contribution in [3.63, 3.8) is 0 Å². The summed E-state index contributed by atoms with van der Waals surface area (Å²) in [6, 6.07) is 2.15. The zero-order valence-electron chi connectivity index (χ0n) is 8.36. The summed E-state index contributed by atoms with van der Waals surface area (Å²) in [5.41, 5.74) is 0.840. The third kappa shape index (κ3) is 1.89. The molecule has 0 aromatic rings. The Morgan fingerprint density at radius 1 is 1.46 bits per heavy atom. The number of hydrogen-bond donors (Lipinski definition) is 0. The van der Waals surface area contributed by atoms with Crippen LogP contribution in [-0.2, 0) is 0 Å². The summed E-state index contributed by atoms with van der Waals surface area (Å²) in [5.74, 6) is 0. The summed E-state index contributed by atoms with van der Waals surface area (Å²) < 4.78 is 0. The van der Waals surface area contributed by atoms with E-state index in [0.717, 1.165) is 24.3 Å². The van der Waals surface area contributed by atoms with Gasteiger partial charge in [0.25, 0.3) is 0 Å². The van der Waals surface area contributed by atoms with Crippen molar-refractivity contribution in [2.75, 3.05) is 0 Å². The van der Waals surface area contributed by atoms with Crippen molar-refractivity contribution in [3.8, 4) is 6.07 Å². The van der Waals surface area contributed by atoms with Crippen molar-refractivity contribution >= 4 is 11.6 Å². The van der Waals surface area contributed by atoms with Crippen LogP contribution in [0.2, 0.25) is 0 Å². The number of allylic oxidation sites excluding steroid dienone is 2. The van der Waals surface area contributed by atoms with Crippen molar-refractivity contribution in [2.45, 2.75) is 46.0 Å². The summed E-state index contributed by atoms with van der Waals surface area (Å²) in [6.07, 6.45) is 5.87. The summed E-state index contributed by atoms with van der Waals surface area (Å²) in [7, 11) is 0. The van der Waals surface area contributed by atoms with Crippen LogP contribution in [0, 0.1) is 16.7 Å². The fourth-order valence-corrected chi connectivity index (χ4v) is 2.59. The van der Waals surface area contributed by atoms with Gasteiger partial charge in [0.2, 0.25) is 0 Å². The summed E-state index contributed by atoms with van der Waals surface area (Å²) in [4.78, 5) is 0. The van der Waals surface area contributed by atoms with E-state index in [-0.39, 0.29) is 5.41 Å². The van der Waals surface area contributed by atoms with Gasteiger partial charge in [-0.15, -0.1) is 0 Å². The van der Waals surface area contributed by atoms with E-state index < -0.39 is 0 Å².